The van der Waals surface area contributed by atoms with Crippen LogP contribution in [0.25, 0.3) is 17.0 Å². The third kappa shape index (κ3) is 3.94. The van der Waals surface area contributed by atoms with E-state index in [1.165, 1.54) is 41.3 Å². The van der Waals surface area contributed by atoms with Gasteiger partial charge in [-0.3, -0.25) is 4.90 Å². The number of nitrogens with zero attached hydrogens (tertiary/aromatic N) is 3. The van der Waals surface area contributed by atoms with Crippen molar-refractivity contribution in [3.63, 3.8) is 0 Å². The first kappa shape index (κ1) is 21.5. The van der Waals surface area contributed by atoms with Crippen molar-refractivity contribution < 1.29 is 18.1 Å². The zero-order valence-electron chi connectivity index (χ0n) is 18.4. The molecule has 6 nitrogen and oxygen atoms in total. The van der Waals surface area contributed by atoms with Crippen LogP contribution in [0.1, 0.15) is 30.0 Å². The SMILES string of the molecule is CC1=C(c2nc(-c3ccc(F)cc3)no2)C(c2ccc(C)cc2)NC(=O)N1c1ccc(F)cc1. The number of carbonyl (C=O) groups excluding carboxylic acids is 1. The first-order valence-corrected chi connectivity index (χ1v) is 10.6. The van der Waals surface area contributed by atoms with Crippen LogP contribution in [0.3, 0.4) is 0 Å². The summed E-state index contributed by atoms with van der Waals surface area (Å²) >= 11 is 0. The quantitative estimate of drug-likeness (QED) is 0.406. The minimum atomic E-state index is -0.550. The molecule has 1 aliphatic rings. The smallest absolute Gasteiger partial charge is 0.326 e. The van der Waals surface area contributed by atoms with Crippen molar-refractivity contribution in [2.45, 2.75) is 19.9 Å². The average Bonchev–Trinajstić information content (AvgIpc) is 3.30. The summed E-state index contributed by atoms with van der Waals surface area (Å²) in [6.07, 6.45) is 0. The summed E-state index contributed by atoms with van der Waals surface area (Å²) in [5, 5.41) is 7.08. The molecule has 0 radical (unpaired) electrons. The molecule has 0 bridgehead atoms. The highest BCUT2D eigenvalue weighted by atomic mass is 19.1. The molecule has 170 valence electrons. The number of urea groups is 1. The standard InChI is InChI=1S/C26H20F2N4O2/c1-15-3-5-17(6-4-15)23-22(25-30-24(31-34-25)18-7-9-19(27)10-8-18)16(2)32(26(33)29-23)21-13-11-20(28)12-14-21/h3-14,23H,1-2H3,(H,29,33). The monoisotopic (exact) mass is 458 g/mol. The molecule has 1 N–H and O–H groups in total. The number of amides is 2. The van der Waals surface area contributed by atoms with E-state index in [1.807, 2.05) is 31.2 Å². The number of benzene rings is 3. The highest BCUT2D eigenvalue weighted by molar-refractivity contribution is 6.01. The fourth-order valence-corrected chi connectivity index (χ4v) is 3.98. The maximum Gasteiger partial charge on any atom is 0.326 e. The fourth-order valence-electron chi connectivity index (χ4n) is 3.98. The molecule has 0 saturated carbocycles. The first-order valence-electron chi connectivity index (χ1n) is 10.6. The van der Waals surface area contributed by atoms with Gasteiger partial charge in [0.1, 0.15) is 11.6 Å². The Hall–Kier alpha value is -4.33. The molecule has 2 heterocycles. The van der Waals surface area contributed by atoms with Crippen molar-refractivity contribution >= 4 is 17.3 Å². The number of nitrogens with one attached hydrogen (secondary N) is 1. The molecule has 3 aromatic carbocycles. The van der Waals surface area contributed by atoms with Gasteiger partial charge in [0.15, 0.2) is 0 Å². The van der Waals surface area contributed by atoms with Gasteiger partial charge in [0.25, 0.3) is 5.89 Å². The predicted molar refractivity (Wildman–Crippen MR) is 124 cm³/mol. The van der Waals surface area contributed by atoms with Crippen LogP contribution in [0.15, 0.2) is 83.0 Å². The highest BCUT2D eigenvalue weighted by Gasteiger charge is 2.36. The maximum absolute atomic E-state index is 13.5. The summed E-state index contributed by atoms with van der Waals surface area (Å²) in [7, 11) is 0. The average molecular weight is 458 g/mol. The third-order valence-corrected chi connectivity index (χ3v) is 5.74. The van der Waals surface area contributed by atoms with Crippen molar-refractivity contribution in [1.82, 2.24) is 15.5 Å². The lowest BCUT2D eigenvalue weighted by Gasteiger charge is -2.35. The molecule has 1 atom stereocenters. The minimum absolute atomic E-state index is 0.217. The van der Waals surface area contributed by atoms with Crippen LogP contribution in [-0.4, -0.2) is 16.2 Å². The van der Waals surface area contributed by atoms with Crippen LogP contribution in [0, 0.1) is 18.6 Å². The molecule has 4 aromatic rings. The Morgan fingerprint density at radius 3 is 2.15 bits per heavy atom. The predicted octanol–water partition coefficient (Wildman–Crippen LogP) is 6.03. The zero-order chi connectivity index (χ0) is 23.8. The number of hydrogen-bond donors (Lipinski definition) is 1. The van der Waals surface area contributed by atoms with Gasteiger partial charge < -0.3 is 9.84 Å². The van der Waals surface area contributed by atoms with Crippen molar-refractivity contribution in [2.75, 3.05) is 4.90 Å². The summed E-state index contributed by atoms with van der Waals surface area (Å²) in [5.41, 5.74) is 4.18. The molecule has 0 spiro atoms. The number of anilines is 1. The molecule has 1 aromatic heterocycles. The largest absolute Gasteiger partial charge is 0.334 e. The van der Waals surface area contributed by atoms with Crippen molar-refractivity contribution in [3.8, 4) is 11.4 Å². The fraction of sp³-hybridized carbons (Fsp3) is 0.115. The van der Waals surface area contributed by atoms with Crippen molar-refractivity contribution in [3.05, 3.63) is 107 Å². The van der Waals surface area contributed by atoms with Gasteiger partial charge in [0.05, 0.1) is 17.3 Å². The van der Waals surface area contributed by atoms with Crippen LogP contribution >= 0.6 is 0 Å². The van der Waals surface area contributed by atoms with Crippen LogP contribution < -0.4 is 10.2 Å². The molecule has 1 aliphatic heterocycles. The summed E-state index contributed by atoms with van der Waals surface area (Å²) < 4.78 is 32.5. The molecule has 34 heavy (non-hydrogen) atoms. The van der Waals surface area contributed by atoms with Gasteiger partial charge in [-0.1, -0.05) is 35.0 Å². The Labute approximate surface area is 194 Å². The van der Waals surface area contributed by atoms with Gasteiger partial charge in [-0.2, -0.15) is 4.98 Å². The molecule has 1 unspecified atom stereocenters. The Balaban J connectivity index is 1.64. The van der Waals surface area contributed by atoms with Gasteiger partial charge >= 0.3 is 6.03 Å². The zero-order valence-corrected chi connectivity index (χ0v) is 18.4. The lowest BCUT2D eigenvalue weighted by molar-refractivity contribution is 0.244. The lowest BCUT2D eigenvalue weighted by atomic mass is 9.94. The number of aromatic nitrogens is 2. The van der Waals surface area contributed by atoms with Gasteiger partial charge in [-0.25, -0.2) is 13.6 Å². The Morgan fingerprint density at radius 1 is 0.882 bits per heavy atom. The number of aryl methyl sites for hydroxylation is 1. The molecular weight excluding hydrogens is 438 g/mol. The van der Waals surface area contributed by atoms with Gasteiger partial charge in [-0.05, 0) is 67.9 Å². The second-order valence-electron chi connectivity index (χ2n) is 8.03. The normalized spacial score (nSPS) is 16.1. The number of hydrogen-bond acceptors (Lipinski definition) is 4. The highest BCUT2D eigenvalue weighted by Crippen LogP contribution is 2.39. The molecule has 0 fully saturated rings. The van der Waals surface area contributed by atoms with E-state index in [9.17, 15) is 13.6 Å². The summed E-state index contributed by atoms with van der Waals surface area (Å²) in [4.78, 5) is 19.2. The second-order valence-corrected chi connectivity index (χ2v) is 8.03. The minimum Gasteiger partial charge on any atom is -0.334 e. The number of halogens is 2. The van der Waals surface area contributed by atoms with Gasteiger partial charge in [0.2, 0.25) is 5.82 Å². The third-order valence-electron chi connectivity index (χ3n) is 5.74. The Bertz CT molecular complexity index is 1380. The van der Waals surface area contributed by atoms with E-state index in [0.29, 0.717) is 28.3 Å². The van der Waals surface area contributed by atoms with Crippen molar-refractivity contribution in [2.24, 2.45) is 0 Å². The number of carbonyl (C=O) groups is 1. The van der Waals surface area contributed by atoms with E-state index in [1.54, 1.807) is 19.1 Å². The first-order chi connectivity index (χ1) is 16.4. The van der Waals surface area contributed by atoms with E-state index in [2.05, 4.69) is 15.5 Å². The molecule has 2 amide bonds. The summed E-state index contributed by atoms with van der Waals surface area (Å²) in [6, 6.07) is 18.3. The lowest BCUT2D eigenvalue weighted by Crippen LogP contribution is -2.46. The number of rotatable bonds is 4. The van der Waals surface area contributed by atoms with E-state index in [0.717, 1.165) is 11.1 Å². The topological polar surface area (TPSA) is 71.3 Å². The van der Waals surface area contributed by atoms with E-state index in [-0.39, 0.29) is 17.7 Å². The molecule has 8 heteroatoms. The maximum atomic E-state index is 13.5. The molecular formula is C26H20F2N4O2. The van der Waals surface area contributed by atoms with Gasteiger partial charge in [0, 0.05) is 11.3 Å². The Kier molecular flexibility index (Phi) is 5.41. The number of allylic oxidation sites excluding steroid dienone is 1. The van der Waals surface area contributed by atoms with E-state index in [4.69, 9.17) is 4.52 Å². The van der Waals surface area contributed by atoms with E-state index >= 15 is 0 Å². The van der Waals surface area contributed by atoms with Crippen LogP contribution in [0.4, 0.5) is 19.3 Å². The summed E-state index contributed by atoms with van der Waals surface area (Å²) in [6.45, 7) is 3.76. The molecule has 5 rings (SSSR count). The molecule has 0 saturated heterocycles. The van der Waals surface area contributed by atoms with Crippen LogP contribution in [-0.2, 0) is 0 Å². The molecule has 0 aliphatic carbocycles. The Morgan fingerprint density at radius 2 is 1.50 bits per heavy atom. The van der Waals surface area contributed by atoms with Crippen LogP contribution in [0.5, 0.6) is 0 Å². The summed E-state index contributed by atoms with van der Waals surface area (Å²) in [5.74, 6) is -0.255. The van der Waals surface area contributed by atoms with E-state index < -0.39 is 11.9 Å². The van der Waals surface area contributed by atoms with Gasteiger partial charge in [-0.15, -0.1) is 0 Å². The van der Waals surface area contributed by atoms with Crippen molar-refractivity contribution in [1.29, 1.82) is 0 Å². The van der Waals surface area contributed by atoms with Crippen LogP contribution in [0.2, 0.25) is 0 Å². The second kappa shape index (κ2) is 8.55.